The fourth-order valence-corrected chi connectivity index (χ4v) is 5.34. The average Bonchev–Trinajstić information content (AvgIpc) is 2.89. The van der Waals surface area contributed by atoms with E-state index in [9.17, 15) is 14.0 Å². The van der Waals surface area contributed by atoms with Gasteiger partial charge in [-0.2, -0.15) is 0 Å². The van der Waals surface area contributed by atoms with Crippen molar-refractivity contribution in [1.82, 2.24) is 15.1 Å². The molecular formula is C28H36FN3O4. The molecule has 1 N–H and O–H groups in total. The lowest BCUT2D eigenvalue weighted by Crippen LogP contribution is -2.46. The minimum atomic E-state index is -0.810. The van der Waals surface area contributed by atoms with E-state index < -0.39 is 17.8 Å². The van der Waals surface area contributed by atoms with Crippen LogP contribution < -0.4 is 14.8 Å². The highest BCUT2D eigenvalue weighted by Gasteiger charge is 2.44. The fraction of sp³-hybridized carbons (Fsp3) is 0.500. The van der Waals surface area contributed by atoms with E-state index in [0.717, 1.165) is 32.0 Å². The Bertz CT molecular complexity index is 1100. The maximum Gasteiger partial charge on any atom is 0.254 e. The second kappa shape index (κ2) is 11.3. The van der Waals surface area contributed by atoms with Crippen molar-refractivity contribution in [3.8, 4) is 11.5 Å². The Kier molecular flexibility index (Phi) is 8.14. The summed E-state index contributed by atoms with van der Waals surface area (Å²) in [6.07, 6.45) is 3.24. The molecule has 7 nitrogen and oxygen atoms in total. The first-order valence-electron chi connectivity index (χ1n) is 12.6. The van der Waals surface area contributed by atoms with Crippen molar-refractivity contribution >= 4 is 11.8 Å². The zero-order valence-corrected chi connectivity index (χ0v) is 21.6. The molecule has 2 heterocycles. The molecule has 0 bridgehead atoms. The monoisotopic (exact) mass is 497 g/mol. The molecule has 2 aromatic rings. The van der Waals surface area contributed by atoms with Crippen LogP contribution >= 0.6 is 0 Å². The lowest BCUT2D eigenvalue weighted by atomic mass is 9.79. The first-order chi connectivity index (χ1) is 17.3. The number of ether oxygens (including phenoxy) is 2. The summed E-state index contributed by atoms with van der Waals surface area (Å²) < 4.78 is 25.8. The van der Waals surface area contributed by atoms with Gasteiger partial charge in [0, 0.05) is 24.7 Å². The minimum Gasteiger partial charge on any atom is -0.493 e. The lowest BCUT2D eigenvalue weighted by Gasteiger charge is -2.40. The number of rotatable bonds is 8. The summed E-state index contributed by atoms with van der Waals surface area (Å²) in [6, 6.07) is 8.78. The molecule has 36 heavy (non-hydrogen) atoms. The maximum absolute atomic E-state index is 15.0. The Morgan fingerprint density at radius 3 is 2.42 bits per heavy atom. The van der Waals surface area contributed by atoms with Gasteiger partial charge in [-0.1, -0.05) is 25.1 Å². The summed E-state index contributed by atoms with van der Waals surface area (Å²) in [5, 5.41) is 3.06. The highest BCUT2D eigenvalue weighted by Crippen LogP contribution is 2.46. The summed E-state index contributed by atoms with van der Waals surface area (Å²) in [5.41, 5.74) is 1.16. The number of methoxy groups -OCH3 is 2. The van der Waals surface area contributed by atoms with E-state index in [4.69, 9.17) is 9.47 Å². The van der Waals surface area contributed by atoms with Crippen LogP contribution in [0.2, 0.25) is 0 Å². The number of halogens is 1. The number of likely N-dealkylation sites (tertiary alicyclic amines) is 1. The molecule has 2 atom stereocenters. The van der Waals surface area contributed by atoms with E-state index in [1.165, 1.54) is 38.0 Å². The number of benzene rings is 2. The van der Waals surface area contributed by atoms with Crippen LogP contribution in [-0.4, -0.2) is 69.1 Å². The van der Waals surface area contributed by atoms with Crippen molar-refractivity contribution < 1.29 is 23.5 Å². The Hall–Kier alpha value is -3.13. The van der Waals surface area contributed by atoms with E-state index in [0.29, 0.717) is 34.7 Å². The van der Waals surface area contributed by atoms with Crippen LogP contribution in [0.15, 0.2) is 36.4 Å². The third-order valence-corrected chi connectivity index (χ3v) is 7.51. The molecule has 2 aromatic carbocycles. The van der Waals surface area contributed by atoms with Gasteiger partial charge in [-0.3, -0.25) is 9.59 Å². The van der Waals surface area contributed by atoms with Crippen molar-refractivity contribution in [2.75, 3.05) is 47.4 Å². The Morgan fingerprint density at radius 2 is 1.75 bits per heavy atom. The molecule has 1 fully saturated rings. The SMILES string of the molecule is COc1cc2c(cc1OC)C(C(=O)NCCCN1CCC(C)CC1)C(c1ccccc1F)N(C)C2=O. The molecule has 194 valence electrons. The van der Waals surface area contributed by atoms with Gasteiger partial charge in [0.25, 0.3) is 5.91 Å². The number of nitrogens with zero attached hydrogens (tertiary/aromatic N) is 2. The van der Waals surface area contributed by atoms with E-state index >= 15 is 0 Å². The Labute approximate surface area is 212 Å². The highest BCUT2D eigenvalue weighted by molar-refractivity contribution is 6.02. The summed E-state index contributed by atoms with van der Waals surface area (Å²) in [5.74, 6) is -0.224. The zero-order valence-electron chi connectivity index (χ0n) is 21.6. The van der Waals surface area contributed by atoms with Gasteiger partial charge in [-0.15, -0.1) is 0 Å². The summed E-state index contributed by atoms with van der Waals surface area (Å²) >= 11 is 0. The number of hydrogen-bond donors (Lipinski definition) is 1. The normalized spacial score (nSPS) is 20.7. The van der Waals surface area contributed by atoms with Crippen molar-refractivity contribution in [3.05, 3.63) is 58.9 Å². The molecule has 0 saturated carbocycles. The number of carbonyl (C=O) groups is 2. The molecule has 2 unspecified atom stereocenters. The molecule has 2 aliphatic heterocycles. The first kappa shape index (κ1) is 25.9. The second-order valence-corrected chi connectivity index (χ2v) is 9.82. The van der Waals surface area contributed by atoms with Gasteiger partial charge in [-0.05, 0) is 68.6 Å². The van der Waals surface area contributed by atoms with Gasteiger partial charge < -0.3 is 24.6 Å². The van der Waals surface area contributed by atoms with Crippen LogP contribution in [0.3, 0.4) is 0 Å². The number of carbonyl (C=O) groups excluding carboxylic acids is 2. The molecule has 4 rings (SSSR count). The molecule has 0 aliphatic carbocycles. The summed E-state index contributed by atoms with van der Waals surface area (Å²) in [4.78, 5) is 31.0. The van der Waals surface area contributed by atoms with Gasteiger partial charge in [-0.25, -0.2) is 4.39 Å². The molecular weight excluding hydrogens is 461 g/mol. The zero-order chi connectivity index (χ0) is 25.8. The van der Waals surface area contributed by atoms with Gasteiger partial charge in [0.2, 0.25) is 5.91 Å². The second-order valence-electron chi connectivity index (χ2n) is 9.82. The number of piperidine rings is 1. The maximum atomic E-state index is 15.0. The third-order valence-electron chi connectivity index (χ3n) is 7.51. The largest absolute Gasteiger partial charge is 0.493 e. The van der Waals surface area contributed by atoms with E-state index in [1.807, 2.05) is 0 Å². The highest BCUT2D eigenvalue weighted by atomic mass is 19.1. The predicted octanol–water partition coefficient (Wildman–Crippen LogP) is 3.99. The molecule has 8 heteroatoms. The molecule has 2 amide bonds. The summed E-state index contributed by atoms with van der Waals surface area (Å²) in [6.45, 7) is 5.90. The van der Waals surface area contributed by atoms with E-state index in [2.05, 4.69) is 17.1 Å². The number of fused-ring (bicyclic) bond motifs is 1. The molecule has 0 radical (unpaired) electrons. The smallest absolute Gasteiger partial charge is 0.254 e. The number of nitrogens with one attached hydrogen (secondary N) is 1. The van der Waals surface area contributed by atoms with Crippen molar-refractivity contribution in [1.29, 1.82) is 0 Å². The Morgan fingerprint density at radius 1 is 1.08 bits per heavy atom. The van der Waals surface area contributed by atoms with Crippen LogP contribution in [0.5, 0.6) is 11.5 Å². The number of hydrogen-bond acceptors (Lipinski definition) is 5. The van der Waals surface area contributed by atoms with Crippen molar-refractivity contribution in [2.45, 2.75) is 38.1 Å². The van der Waals surface area contributed by atoms with Crippen molar-refractivity contribution in [2.24, 2.45) is 5.92 Å². The Balaban J connectivity index is 1.62. The quantitative estimate of drug-likeness (QED) is 0.559. The molecule has 1 saturated heterocycles. The standard InChI is InChI=1S/C28H36FN3O4/c1-18-10-14-32(15-11-18)13-7-12-30-27(33)25-20-16-23(35-3)24(36-4)17-21(20)28(34)31(2)26(25)19-8-5-6-9-22(19)29/h5-6,8-9,16-18,25-26H,7,10-15H2,1-4H3,(H,30,33). The van der Waals surface area contributed by atoms with Gasteiger partial charge in [0.15, 0.2) is 11.5 Å². The predicted molar refractivity (Wildman–Crippen MR) is 136 cm³/mol. The van der Waals surface area contributed by atoms with E-state index in [-0.39, 0.29) is 11.8 Å². The van der Waals surface area contributed by atoms with Crippen molar-refractivity contribution in [3.63, 3.8) is 0 Å². The number of likely N-dealkylation sites (N-methyl/N-ethyl adjacent to an activating group) is 1. The minimum absolute atomic E-state index is 0.247. The van der Waals surface area contributed by atoms with Gasteiger partial charge >= 0.3 is 0 Å². The van der Waals surface area contributed by atoms with Crippen LogP contribution in [0.4, 0.5) is 4.39 Å². The van der Waals surface area contributed by atoms with E-state index in [1.54, 1.807) is 37.4 Å². The average molecular weight is 498 g/mol. The van der Waals surface area contributed by atoms with Gasteiger partial charge in [0.05, 0.1) is 26.2 Å². The van der Waals surface area contributed by atoms with Crippen LogP contribution in [0.1, 0.15) is 59.6 Å². The first-order valence-corrected chi connectivity index (χ1v) is 12.6. The number of amides is 2. The third kappa shape index (κ3) is 5.19. The molecule has 0 aromatic heterocycles. The van der Waals surface area contributed by atoms with Crippen LogP contribution in [-0.2, 0) is 4.79 Å². The van der Waals surface area contributed by atoms with Gasteiger partial charge in [0.1, 0.15) is 5.82 Å². The molecule has 0 spiro atoms. The lowest BCUT2D eigenvalue weighted by molar-refractivity contribution is -0.124. The molecule has 2 aliphatic rings. The fourth-order valence-electron chi connectivity index (χ4n) is 5.34. The van der Waals surface area contributed by atoms with Crippen LogP contribution in [0.25, 0.3) is 0 Å². The topological polar surface area (TPSA) is 71.1 Å². The summed E-state index contributed by atoms with van der Waals surface area (Å²) in [7, 11) is 4.61. The van der Waals surface area contributed by atoms with Crippen LogP contribution in [0, 0.1) is 11.7 Å².